The average Bonchev–Trinajstić information content (AvgIpc) is 2.76. The molecule has 1 saturated heterocycles. The molecule has 0 bridgehead atoms. The minimum atomic E-state index is -0.558. The Balaban J connectivity index is 1.88. The summed E-state index contributed by atoms with van der Waals surface area (Å²) < 4.78 is 0. The van der Waals surface area contributed by atoms with Crippen LogP contribution in [0.25, 0.3) is 0 Å². The molecule has 2 amide bonds. The maximum atomic E-state index is 12.8. The molecule has 2 aromatic carbocycles. The number of carbonyl (C=O) groups excluding carboxylic acids is 2. The number of imide groups is 1. The van der Waals surface area contributed by atoms with Crippen LogP contribution in [-0.2, 0) is 9.59 Å². The van der Waals surface area contributed by atoms with Crippen LogP contribution >= 0.6 is 11.6 Å². The van der Waals surface area contributed by atoms with Gasteiger partial charge in [0.15, 0.2) is 0 Å². The first kappa shape index (κ1) is 16.5. The molecule has 0 saturated carbocycles. The second-order valence-corrected chi connectivity index (χ2v) is 6.64. The quantitative estimate of drug-likeness (QED) is 0.857. The summed E-state index contributed by atoms with van der Waals surface area (Å²) >= 11 is 6.12. The van der Waals surface area contributed by atoms with Crippen LogP contribution in [0.1, 0.15) is 23.1 Å². The lowest BCUT2D eigenvalue weighted by Gasteiger charge is -2.19. The van der Waals surface area contributed by atoms with E-state index in [4.69, 9.17) is 11.6 Å². The topological polar surface area (TPSA) is 49.4 Å². The van der Waals surface area contributed by atoms with Crippen molar-refractivity contribution in [2.45, 2.75) is 33.2 Å². The Morgan fingerprint density at radius 1 is 1.08 bits per heavy atom. The van der Waals surface area contributed by atoms with Gasteiger partial charge in [-0.2, -0.15) is 0 Å². The summed E-state index contributed by atoms with van der Waals surface area (Å²) in [5.41, 5.74) is 4.35. The maximum Gasteiger partial charge on any atom is 0.256 e. The number of hydrogen-bond donors (Lipinski definition) is 1. The molecule has 0 aromatic heterocycles. The van der Waals surface area contributed by atoms with Crippen molar-refractivity contribution >= 4 is 34.8 Å². The Labute approximate surface area is 146 Å². The third kappa shape index (κ3) is 3.02. The highest BCUT2D eigenvalue weighted by molar-refractivity contribution is 6.32. The molecular formula is C19H19ClN2O2. The van der Waals surface area contributed by atoms with Gasteiger partial charge in [-0.25, -0.2) is 4.90 Å². The van der Waals surface area contributed by atoms with Gasteiger partial charge in [-0.1, -0.05) is 23.7 Å². The van der Waals surface area contributed by atoms with Crippen molar-refractivity contribution in [2.24, 2.45) is 0 Å². The normalized spacial score (nSPS) is 17.5. The van der Waals surface area contributed by atoms with Gasteiger partial charge in [-0.05, 0) is 61.7 Å². The number of amides is 2. The molecule has 0 spiro atoms. The van der Waals surface area contributed by atoms with E-state index in [1.807, 2.05) is 32.9 Å². The van der Waals surface area contributed by atoms with Gasteiger partial charge in [0.25, 0.3) is 5.91 Å². The number of carbonyl (C=O) groups is 2. The third-order valence-electron chi connectivity index (χ3n) is 4.19. The number of hydrogen-bond acceptors (Lipinski definition) is 3. The highest BCUT2D eigenvalue weighted by Crippen LogP contribution is 2.31. The molecule has 2 aromatic rings. The molecule has 4 nitrogen and oxygen atoms in total. The van der Waals surface area contributed by atoms with Gasteiger partial charge in [0.05, 0.1) is 12.1 Å². The van der Waals surface area contributed by atoms with Crippen molar-refractivity contribution in [3.8, 4) is 0 Å². The van der Waals surface area contributed by atoms with Crippen LogP contribution in [-0.4, -0.2) is 17.9 Å². The van der Waals surface area contributed by atoms with Crippen molar-refractivity contribution in [2.75, 3.05) is 10.2 Å². The number of rotatable bonds is 3. The largest absolute Gasteiger partial charge is 0.373 e. The van der Waals surface area contributed by atoms with Crippen LogP contribution < -0.4 is 10.2 Å². The highest BCUT2D eigenvalue weighted by atomic mass is 35.5. The first-order chi connectivity index (χ1) is 11.4. The third-order valence-corrected chi connectivity index (χ3v) is 4.60. The maximum absolute atomic E-state index is 12.8. The van der Waals surface area contributed by atoms with Gasteiger partial charge in [-0.3, -0.25) is 9.59 Å². The SMILES string of the molecule is Cc1cc(C)cc(N[C@@H]2CC(=O)N(c3cccc(Cl)c3C)C2=O)c1. The first-order valence-corrected chi connectivity index (χ1v) is 8.21. The van der Waals surface area contributed by atoms with E-state index in [1.54, 1.807) is 18.2 Å². The number of benzene rings is 2. The lowest BCUT2D eigenvalue weighted by Crippen LogP contribution is -2.35. The minimum Gasteiger partial charge on any atom is -0.373 e. The number of nitrogens with one attached hydrogen (secondary N) is 1. The second-order valence-electron chi connectivity index (χ2n) is 6.23. The zero-order valence-electron chi connectivity index (χ0n) is 13.9. The lowest BCUT2D eigenvalue weighted by atomic mass is 10.1. The van der Waals surface area contributed by atoms with Crippen LogP contribution in [0.4, 0.5) is 11.4 Å². The molecular weight excluding hydrogens is 324 g/mol. The summed E-state index contributed by atoms with van der Waals surface area (Å²) in [5.74, 6) is -0.461. The Morgan fingerprint density at radius 3 is 2.42 bits per heavy atom. The van der Waals surface area contributed by atoms with E-state index >= 15 is 0 Å². The van der Waals surface area contributed by atoms with E-state index < -0.39 is 6.04 Å². The van der Waals surface area contributed by atoms with Gasteiger partial charge in [0, 0.05) is 10.7 Å². The van der Waals surface area contributed by atoms with Crippen molar-refractivity contribution in [1.29, 1.82) is 0 Å². The van der Waals surface area contributed by atoms with Gasteiger partial charge < -0.3 is 5.32 Å². The average molecular weight is 343 g/mol. The van der Waals surface area contributed by atoms with E-state index in [-0.39, 0.29) is 18.2 Å². The molecule has 0 radical (unpaired) electrons. The van der Waals surface area contributed by atoms with Gasteiger partial charge in [-0.15, -0.1) is 0 Å². The first-order valence-electron chi connectivity index (χ1n) is 7.83. The monoisotopic (exact) mass is 342 g/mol. The highest BCUT2D eigenvalue weighted by Gasteiger charge is 2.40. The fourth-order valence-corrected chi connectivity index (χ4v) is 3.26. The van der Waals surface area contributed by atoms with E-state index in [9.17, 15) is 9.59 Å². The van der Waals surface area contributed by atoms with E-state index in [0.717, 1.165) is 22.4 Å². The molecule has 1 aliphatic rings. The Morgan fingerprint density at radius 2 is 1.75 bits per heavy atom. The van der Waals surface area contributed by atoms with Crippen LogP contribution in [0.2, 0.25) is 5.02 Å². The summed E-state index contributed by atoms with van der Waals surface area (Å²) in [6.45, 7) is 5.81. The number of anilines is 2. The summed E-state index contributed by atoms with van der Waals surface area (Å²) in [6.07, 6.45) is 0.137. The van der Waals surface area contributed by atoms with E-state index in [0.29, 0.717) is 10.7 Å². The van der Waals surface area contributed by atoms with Gasteiger partial charge in [0.2, 0.25) is 5.91 Å². The second kappa shape index (κ2) is 6.29. The van der Waals surface area contributed by atoms with Crippen molar-refractivity contribution in [3.63, 3.8) is 0 Å². The predicted octanol–water partition coefficient (Wildman–Crippen LogP) is 4.01. The molecule has 1 heterocycles. The summed E-state index contributed by atoms with van der Waals surface area (Å²) in [7, 11) is 0. The molecule has 0 unspecified atom stereocenters. The molecule has 0 aliphatic carbocycles. The molecule has 3 rings (SSSR count). The van der Waals surface area contributed by atoms with E-state index in [2.05, 4.69) is 11.4 Å². The molecule has 124 valence electrons. The van der Waals surface area contributed by atoms with Crippen molar-refractivity contribution in [1.82, 2.24) is 0 Å². The van der Waals surface area contributed by atoms with Crippen LogP contribution in [0.15, 0.2) is 36.4 Å². The minimum absolute atomic E-state index is 0.137. The molecule has 1 fully saturated rings. The van der Waals surface area contributed by atoms with Crippen molar-refractivity contribution in [3.05, 3.63) is 58.1 Å². The number of nitrogens with zero attached hydrogens (tertiary/aromatic N) is 1. The predicted molar refractivity (Wildman–Crippen MR) is 96.6 cm³/mol. The van der Waals surface area contributed by atoms with Gasteiger partial charge >= 0.3 is 0 Å². The zero-order chi connectivity index (χ0) is 17.4. The summed E-state index contributed by atoms with van der Waals surface area (Å²) in [5, 5.41) is 3.73. The van der Waals surface area contributed by atoms with Crippen LogP contribution in [0, 0.1) is 20.8 Å². The van der Waals surface area contributed by atoms with E-state index in [1.165, 1.54) is 4.90 Å². The molecule has 1 N–H and O–H groups in total. The fraction of sp³-hybridized carbons (Fsp3) is 0.263. The Hall–Kier alpha value is -2.33. The fourth-order valence-electron chi connectivity index (χ4n) is 3.10. The zero-order valence-corrected chi connectivity index (χ0v) is 14.6. The summed E-state index contributed by atoms with van der Waals surface area (Å²) in [4.78, 5) is 26.4. The smallest absolute Gasteiger partial charge is 0.256 e. The molecule has 1 atom stereocenters. The molecule has 5 heteroatoms. The van der Waals surface area contributed by atoms with Crippen molar-refractivity contribution < 1.29 is 9.59 Å². The lowest BCUT2D eigenvalue weighted by molar-refractivity contribution is -0.121. The number of aryl methyl sites for hydroxylation is 2. The summed E-state index contributed by atoms with van der Waals surface area (Å²) in [6, 6.07) is 10.7. The number of halogens is 1. The van der Waals surface area contributed by atoms with Crippen LogP contribution in [0.3, 0.4) is 0 Å². The van der Waals surface area contributed by atoms with Crippen LogP contribution in [0.5, 0.6) is 0 Å². The molecule has 24 heavy (non-hydrogen) atoms. The Kier molecular flexibility index (Phi) is 4.33. The molecule has 1 aliphatic heterocycles. The van der Waals surface area contributed by atoms with Gasteiger partial charge in [0.1, 0.15) is 6.04 Å². The Bertz CT molecular complexity index is 812. The standard InChI is InChI=1S/C19H19ClN2O2/c1-11-7-12(2)9-14(8-11)21-16-10-18(23)22(19(16)24)17-6-4-5-15(20)13(17)3/h4-9,16,21H,10H2,1-3H3/t16-/m1/s1.